The maximum atomic E-state index is 12.7. The van der Waals surface area contributed by atoms with Crippen molar-refractivity contribution in [2.24, 2.45) is 0 Å². The van der Waals surface area contributed by atoms with E-state index in [1.165, 1.54) is 12.1 Å². The molecule has 1 aromatic carbocycles. The van der Waals surface area contributed by atoms with Gasteiger partial charge in [-0.3, -0.25) is 0 Å². The lowest BCUT2D eigenvalue weighted by atomic mass is 10.2. The van der Waals surface area contributed by atoms with Crippen LogP contribution in [0.25, 0.3) is 0 Å². The van der Waals surface area contributed by atoms with Crippen LogP contribution in [0.1, 0.15) is 26.2 Å². The van der Waals surface area contributed by atoms with Crippen molar-refractivity contribution in [1.82, 2.24) is 0 Å². The number of carbonyl (C=O) groups excluding carboxylic acids is 1. The van der Waals surface area contributed by atoms with Gasteiger partial charge < -0.3 is 9.53 Å². The molecule has 82 valence electrons. The zero-order valence-electron chi connectivity index (χ0n) is 8.83. The third-order valence-electron chi connectivity index (χ3n) is 1.99. The summed E-state index contributed by atoms with van der Waals surface area (Å²) in [4.78, 5) is 10.6. The molecule has 0 heterocycles. The number of ketones is 1. The number of rotatable bonds is 6. The molecule has 3 heteroatoms. The summed E-state index contributed by atoms with van der Waals surface area (Å²) < 4.78 is 18.0. The Balaban J connectivity index is 2.17. The fourth-order valence-corrected chi connectivity index (χ4v) is 1.22. The molecule has 0 bridgehead atoms. The van der Waals surface area contributed by atoms with Crippen molar-refractivity contribution in [3.63, 3.8) is 0 Å². The number of carbonyl (C=O) groups is 1. The van der Waals surface area contributed by atoms with Crippen LogP contribution < -0.4 is 4.74 Å². The van der Waals surface area contributed by atoms with E-state index < -0.39 is 0 Å². The Morgan fingerprint density at radius 1 is 1.40 bits per heavy atom. The molecular formula is C12H15FO2. The highest BCUT2D eigenvalue weighted by atomic mass is 19.1. The van der Waals surface area contributed by atoms with Crippen molar-refractivity contribution in [3.8, 4) is 5.75 Å². The van der Waals surface area contributed by atoms with Crippen LogP contribution in [0.2, 0.25) is 0 Å². The van der Waals surface area contributed by atoms with Gasteiger partial charge in [0.15, 0.2) is 0 Å². The summed E-state index contributed by atoms with van der Waals surface area (Å²) in [6.07, 6.45) is 2.23. The molecule has 15 heavy (non-hydrogen) atoms. The fraction of sp³-hybridized carbons (Fsp3) is 0.417. The Morgan fingerprint density at radius 2 is 2.20 bits per heavy atom. The molecule has 0 fully saturated rings. The predicted molar refractivity (Wildman–Crippen MR) is 56.4 cm³/mol. The number of hydrogen-bond donors (Lipinski definition) is 0. The molecule has 0 aliphatic rings. The summed E-state index contributed by atoms with van der Waals surface area (Å²) in [7, 11) is 0. The lowest BCUT2D eigenvalue weighted by molar-refractivity contribution is -0.117. The van der Waals surface area contributed by atoms with Gasteiger partial charge in [0.05, 0.1) is 6.61 Å². The first-order chi connectivity index (χ1) is 7.18. The third kappa shape index (κ3) is 5.15. The van der Waals surface area contributed by atoms with Crippen molar-refractivity contribution in [3.05, 3.63) is 30.1 Å². The highest BCUT2D eigenvalue weighted by Gasteiger charge is 1.97. The molecule has 0 aliphatic heterocycles. The zero-order valence-corrected chi connectivity index (χ0v) is 8.83. The van der Waals surface area contributed by atoms with Crippen molar-refractivity contribution in [2.45, 2.75) is 26.2 Å². The number of Topliss-reactive ketones (excluding diaryl/α,β-unsaturated/α-hetero) is 1. The summed E-state index contributed by atoms with van der Waals surface area (Å²) in [6.45, 7) is 2.10. The van der Waals surface area contributed by atoms with Gasteiger partial charge in [-0.15, -0.1) is 0 Å². The van der Waals surface area contributed by atoms with E-state index in [2.05, 4.69) is 0 Å². The van der Waals surface area contributed by atoms with Gasteiger partial charge in [0.25, 0.3) is 0 Å². The van der Waals surface area contributed by atoms with E-state index in [1.54, 1.807) is 19.1 Å². The molecule has 0 N–H and O–H groups in total. The van der Waals surface area contributed by atoms with E-state index in [-0.39, 0.29) is 11.6 Å². The smallest absolute Gasteiger partial charge is 0.129 e. The van der Waals surface area contributed by atoms with Crippen LogP contribution >= 0.6 is 0 Å². The molecule has 0 radical (unpaired) electrons. The Kier molecular flexibility index (Phi) is 4.81. The van der Waals surface area contributed by atoms with Crippen LogP contribution in [0.5, 0.6) is 5.75 Å². The molecule has 0 aromatic heterocycles. The SMILES string of the molecule is CC(=O)CCCCOc1cccc(F)c1. The Morgan fingerprint density at radius 3 is 2.87 bits per heavy atom. The second-order valence-electron chi connectivity index (χ2n) is 3.46. The Labute approximate surface area is 89.1 Å². The van der Waals surface area contributed by atoms with Gasteiger partial charge in [-0.25, -0.2) is 4.39 Å². The molecule has 0 saturated carbocycles. The van der Waals surface area contributed by atoms with Crippen molar-refractivity contribution in [1.29, 1.82) is 0 Å². The molecule has 0 unspecified atom stereocenters. The van der Waals surface area contributed by atoms with Crippen LogP contribution in [-0.2, 0) is 4.79 Å². The average molecular weight is 210 g/mol. The molecule has 0 saturated heterocycles. The molecule has 2 nitrogen and oxygen atoms in total. The maximum Gasteiger partial charge on any atom is 0.129 e. The fourth-order valence-electron chi connectivity index (χ4n) is 1.22. The Hall–Kier alpha value is -1.38. The average Bonchev–Trinajstić information content (AvgIpc) is 2.17. The highest BCUT2D eigenvalue weighted by molar-refractivity contribution is 5.75. The second kappa shape index (κ2) is 6.17. The van der Waals surface area contributed by atoms with Crippen LogP contribution in [-0.4, -0.2) is 12.4 Å². The summed E-state index contributed by atoms with van der Waals surface area (Å²) in [5.41, 5.74) is 0. The molecule has 0 spiro atoms. The standard InChI is InChI=1S/C12H15FO2/c1-10(14)5-2-3-8-15-12-7-4-6-11(13)9-12/h4,6-7,9H,2-3,5,8H2,1H3. The molecule has 1 aromatic rings. The highest BCUT2D eigenvalue weighted by Crippen LogP contribution is 2.12. The van der Waals surface area contributed by atoms with Gasteiger partial charge in [-0.05, 0) is 31.9 Å². The minimum atomic E-state index is -0.295. The number of unbranched alkanes of at least 4 members (excludes halogenated alkanes) is 1. The van der Waals surface area contributed by atoms with Crippen molar-refractivity contribution < 1.29 is 13.9 Å². The molecule has 0 amide bonds. The largest absolute Gasteiger partial charge is 0.493 e. The molecular weight excluding hydrogens is 195 g/mol. The van der Waals surface area contributed by atoms with Gasteiger partial charge >= 0.3 is 0 Å². The normalized spacial score (nSPS) is 10.0. The minimum Gasteiger partial charge on any atom is -0.493 e. The summed E-state index contributed by atoms with van der Waals surface area (Å²) in [5.74, 6) is 0.440. The molecule has 1 rings (SSSR count). The second-order valence-corrected chi connectivity index (χ2v) is 3.46. The first-order valence-electron chi connectivity index (χ1n) is 5.06. The van der Waals surface area contributed by atoms with E-state index in [0.29, 0.717) is 18.8 Å². The maximum absolute atomic E-state index is 12.7. The van der Waals surface area contributed by atoms with E-state index in [9.17, 15) is 9.18 Å². The van der Waals surface area contributed by atoms with Crippen LogP contribution in [0, 0.1) is 5.82 Å². The number of benzene rings is 1. The summed E-state index contributed by atoms with van der Waals surface area (Å²) in [6, 6.07) is 6.06. The molecule has 0 atom stereocenters. The van der Waals surface area contributed by atoms with Crippen LogP contribution in [0.4, 0.5) is 4.39 Å². The first-order valence-corrected chi connectivity index (χ1v) is 5.06. The quantitative estimate of drug-likeness (QED) is 0.675. The molecule has 0 aliphatic carbocycles. The number of halogens is 1. The third-order valence-corrected chi connectivity index (χ3v) is 1.99. The summed E-state index contributed by atoms with van der Waals surface area (Å²) >= 11 is 0. The first kappa shape index (κ1) is 11.7. The van der Waals surface area contributed by atoms with E-state index >= 15 is 0 Å². The van der Waals surface area contributed by atoms with Crippen molar-refractivity contribution in [2.75, 3.05) is 6.61 Å². The lowest BCUT2D eigenvalue weighted by Crippen LogP contribution is -1.99. The van der Waals surface area contributed by atoms with Crippen LogP contribution in [0.3, 0.4) is 0 Å². The minimum absolute atomic E-state index is 0.195. The topological polar surface area (TPSA) is 26.3 Å². The van der Waals surface area contributed by atoms with Gasteiger partial charge in [0.2, 0.25) is 0 Å². The lowest BCUT2D eigenvalue weighted by Gasteiger charge is -2.05. The van der Waals surface area contributed by atoms with Crippen molar-refractivity contribution >= 4 is 5.78 Å². The predicted octanol–water partition coefficient (Wildman–Crippen LogP) is 2.96. The van der Waals surface area contributed by atoms with Gasteiger partial charge in [0.1, 0.15) is 17.3 Å². The van der Waals surface area contributed by atoms with E-state index in [1.807, 2.05) is 0 Å². The van der Waals surface area contributed by atoms with E-state index in [0.717, 1.165) is 12.8 Å². The van der Waals surface area contributed by atoms with Gasteiger partial charge in [-0.1, -0.05) is 6.07 Å². The number of hydrogen-bond acceptors (Lipinski definition) is 2. The van der Waals surface area contributed by atoms with Gasteiger partial charge in [0, 0.05) is 12.5 Å². The van der Waals surface area contributed by atoms with E-state index in [4.69, 9.17) is 4.74 Å². The van der Waals surface area contributed by atoms with Crippen LogP contribution in [0.15, 0.2) is 24.3 Å². The van der Waals surface area contributed by atoms with Gasteiger partial charge in [-0.2, -0.15) is 0 Å². The zero-order chi connectivity index (χ0) is 11.1. The summed E-state index contributed by atoms with van der Waals surface area (Å²) in [5, 5.41) is 0. The monoisotopic (exact) mass is 210 g/mol. The number of ether oxygens (including phenoxy) is 1. The Bertz CT molecular complexity index is 323.